The molecule has 0 aromatic carbocycles. The zero-order valence-corrected chi connectivity index (χ0v) is 6.97. The molecule has 0 saturated heterocycles. The lowest BCUT2D eigenvalue weighted by Crippen LogP contribution is -2.10. The molecule has 0 radical (unpaired) electrons. The van der Waals surface area contributed by atoms with Gasteiger partial charge in [-0.3, -0.25) is 4.98 Å². The summed E-state index contributed by atoms with van der Waals surface area (Å²) in [4.78, 5) is 3.95. The zero-order chi connectivity index (χ0) is 9.26. The Bertz CT molecular complexity index is 411. The predicted molar refractivity (Wildman–Crippen MR) is 48.0 cm³/mol. The number of pyridine rings is 1. The van der Waals surface area contributed by atoms with Crippen molar-refractivity contribution in [3.8, 4) is 0 Å². The van der Waals surface area contributed by atoms with Crippen molar-refractivity contribution in [3.05, 3.63) is 30.3 Å². The first-order valence-electron chi connectivity index (χ1n) is 4.02. The van der Waals surface area contributed by atoms with E-state index in [0.29, 0.717) is 5.56 Å². The van der Waals surface area contributed by atoms with Crippen LogP contribution in [0, 0.1) is 0 Å². The van der Waals surface area contributed by atoms with Crippen LogP contribution in [0.1, 0.15) is 11.7 Å². The number of furan rings is 1. The second-order valence-electron chi connectivity index (χ2n) is 2.81. The number of hydrogen-bond donors (Lipinski definition) is 2. The number of hydrogen-bond acceptors (Lipinski definition) is 4. The smallest absolute Gasteiger partial charge is 0.137 e. The van der Waals surface area contributed by atoms with Gasteiger partial charge in [0.15, 0.2) is 0 Å². The maximum absolute atomic E-state index is 9.50. The highest BCUT2D eigenvalue weighted by Crippen LogP contribution is 2.24. The Kier molecular flexibility index (Phi) is 2.00. The number of aromatic nitrogens is 1. The molecule has 4 nitrogen and oxygen atoms in total. The summed E-state index contributed by atoms with van der Waals surface area (Å²) in [7, 11) is 0. The minimum Gasteiger partial charge on any atom is -0.464 e. The third-order valence-electron chi connectivity index (χ3n) is 1.99. The first-order chi connectivity index (χ1) is 6.33. The third kappa shape index (κ3) is 1.30. The van der Waals surface area contributed by atoms with Crippen molar-refractivity contribution < 1.29 is 9.52 Å². The van der Waals surface area contributed by atoms with Crippen LogP contribution in [0.25, 0.3) is 11.0 Å². The van der Waals surface area contributed by atoms with Crippen LogP contribution < -0.4 is 5.73 Å². The molecule has 4 heteroatoms. The second kappa shape index (κ2) is 3.16. The first-order valence-corrected chi connectivity index (χ1v) is 4.02. The van der Waals surface area contributed by atoms with E-state index < -0.39 is 6.10 Å². The Morgan fingerprint density at radius 2 is 2.46 bits per heavy atom. The predicted octanol–water partition coefficient (Wildman–Crippen LogP) is 0.820. The Morgan fingerprint density at radius 1 is 1.62 bits per heavy atom. The average Bonchev–Trinajstić information content (AvgIpc) is 2.60. The number of rotatable bonds is 2. The molecule has 0 bridgehead atoms. The van der Waals surface area contributed by atoms with Crippen molar-refractivity contribution in [1.29, 1.82) is 0 Å². The Hall–Kier alpha value is -1.39. The summed E-state index contributed by atoms with van der Waals surface area (Å²) in [5.41, 5.74) is 6.76. The van der Waals surface area contributed by atoms with Crippen LogP contribution in [0.3, 0.4) is 0 Å². The number of nitrogens with zero attached hydrogens (tertiary/aromatic N) is 1. The van der Waals surface area contributed by atoms with E-state index in [-0.39, 0.29) is 6.54 Å². The average molecular weight is 178 g/mol. The topological polar surface area (TPSA) is 72.3 Å². The lowest BCUT2D eigenvalue weighted by Gasteiger charge is -2.03. The van der Waals surface area contributed by atoms with Crippen LogP contribution >= 0.6 is 0 Å². The van der Waals surface area contributed by atoms with Crippen molar-refractivity contribution >= 4 is 11.0 Å². The van der Waals surface area contributed by atoms with Crippen molar-refractivity contribution in [2.45, 2.75) is 6.10 Å². The Labute approximate surface area is 75.0 Å². The molecule has 0 saturated carbocycles. The molecule has 0 fully saturated rings. The van der Waals surface area contributed by atoms with E-state index in [1.54, 1.807) is 18.5 Å². The van der Waals surface area contributed by atoms with Gasteiger partial charge in [-0.1, -0.05) is 0 Å². The molecule has 0 aliphatic heterocycles. The van der Waals surface area contributed by atoms with E-state index in [2.05, 4.69) is 4.98 Å². The number of fused-ring (bicyclic) bond motifs is 1. The quantitative estimate of drug-likeness (QED) is 0.714. The highest BCUT2D eigenvalue weighted by atomic mass is 16.3. The van der Waals surface area contributed by atoms with Gasteiger partial charge < -0.3 is 15.3 Å². The van der Waals surface area contributed by atoms with Crippen LogP contribution in [0.4, 0.5) is 0 Å². The summed E-state index contributed by atoms with van der Waals surface area (Å²) in [6.07, 6.45) is 4.15. The second-order valence-corrected chi connectivity index (χ2v) is 2.81. The summed E-state index contributed by atoms with van der Waals surface area (Å²) in [6, 6.07) is 1.75. The molecule has 2 aromatic rings. The van der Waals surface area contributed by atoms with Crippen LogP contribution in [0.5, 0.6) is 0 Å². The van der Waals surface area contributed by atoms with Crippen molar-refractivity contribution in [3.63, 3.8) is 0 Å². The summed E-state index contributed by atoms with van der Waals surface area (Å²) >= 11 is 0. The summed E-state index contributed by atoms with van der Waals surface area (Å²) in [6.45, 7) is 0.184. The SMILES string of the molecule is NCC(O)c1coc2ccncc12. The van der Waals surface area contributed by atoms with Crippen LogP contribution in [0.2, 0.25) is 0 Å². The third-order valence-corrected chi connectivity index (χ3v) is 1.99. The molecule has 68 valence electrons. The Balaban J connectivity index is 2.57. The lowest BCUT2D eigenvalue weighted by molar-refractivity contribution is 0.187. The highest BCUT2D eigenvalue weighted by molar-refractivity contribution is 5.80. The van der Waals surface area contributed by atoms with Gasteiger partial charge in [-0.15, -0.1) is 0 Å². The van der Waals surface area contributed by atoms with Crippen LogP contribution in [-0.4, -0.2) is 16.6 Å². The number of aliphatic hydroxyl groups excluding tert-OH is 1. The maximum Gasteiger partial charge on any atom is 0.137 e. The molecule has 1 atom stereocenters. The maximum atomic E-state index is 9.50. The molecular formula is C9H10N2O2. The molecule has 3 N–H and O–H groups in total. The minimum absolute atomic E-state index is 0.184. The number of nitrogens with two attached hydrogens (primary N) is 1. The van der Waals surface area contributed by atoms with E-state index in [4.69, 9.17) is 10.2 Å². The molecule has 2 rings (SSSR count). The van der Waals surface area contributed by atoms with Gasteiger partial charge in [-0.05, 0) is 6.07 Å². The molecule has 0 aliphatic rings. The van der Waals surface area contributed by atoms with Gasteiger partial charge in [0, 0.05) is 29.9 Å². The van der Waals surface area contributed by atoms with Gasteiger partial charge in [0.1, 0.15) is 5.58 Å². The fourth-order valence-electron chi connectivity index (χ4n) is 1.28. The van der Waals surface area contributed by atoms with Gasteiger partial charge in [0.25, 0.3) is 0 Å². The van der Waals surface area contributed by atoms with Gasteiger partial charge >= 0.3 is 0 Å². The summed E-state index contributed by atoms with van der Waals surface area (Å²) in [5.74, 6) is 0. The minimum atomic E-state index is -0.676. The monoisotopic (exact) mass is 178 g/mol. The molecule has 2 aromatic heterocycles. The normalized spacial score (nSPS) is 13.4. The fraction of sp³-hybridized carbons (Fsp3) is 0.222. The van der Waals surface area contributed by atoms with E-state index in [0.717, 1.165) is 11.0 Å². The molecule has 0 aliphatic carbocycles. The summed E-state index contributed by atoms with van der Waals surface area (Å²) < 4.78 is 5.22. The van der Waals surface area contributed by atoms with Crippen molar-refractivity contribution in [2.24, 2.45) is 5.73 Å². The van der Waals surface area contributed by atoms with Crippen molar-refractivity contribution in [2.75, 3.05) is 6.54 Å². The van der Waals surface area contributed by atoms with E-state index in [9.17, 15) is 5.11 Å². The molecule has 0 amide bonds. The van der Waals surface area contributed by atoms with Gasteiger partial charge in [0.05, 0.1) is 12.4 Å². The largest absolute Gasteiger partial charge is 0.464 e. The van der Waals surface area contributed by atoms with E-state index >= 15 is 0 Å². The summed E-state index contributed by atoms with van der Waals surface area (Å²) in [5, 5.41) is 10.3. The van der Waals surface area contributed by atoms with Gasteiger partial charge in [-0.2, -0.15) is 0 Å². The highest BCUT2D eigenvalue weighted by Gasteiger charge is 2.12. The fourth-order valence-corrected chi connectivity index (χ4v) is 1.28. The first kappa shape index (κ1) is 8.22. The standard InChI is InChI=1S/C9H10N2O2/c10-3-8(12)7-5-13-9-1-2-11-4-6(7)9/h1-2,4-5,8,12H,3,10H2. The van der Waals surface area contributed by atoms with E-state index in [1.165, 1.54) is 6.26 Å². The van der Waals surface area contributed by atoms with Crippen LogP contribution in [0.15, 0.2) is 29.1 Å². The molecular weight excluding hydrogens is 168 g/mol. The molecule has 2 heterocycles. The lowest BCUT2D eigenvalue weighted by atomic mass is 10.1. The Morgan fingerprint density at radius 3 is 3.23 bits per heavy atom. The van der Waals surface area contributed by atoms with Crippen LogP contribution in [-0.2, 0) is 0 Å². The molecule has 1 unspecified atom stereocenters. The van der Waals surface area contributed by atoms with Gasteiger partial charge in [0.2, 0.25) is 0 Å². The zero-order valence-electron chi connectivity index (χ0n) is 6.97. The number of aliphatic hydroxyl groups is 1. The van der Waals surface area contributed by atoms with Gasteiger partial charge in [-0.25, -0.2) is 0 Å². The van der Waals surface area contributed by atoms with E-state index in [1.807, 2.05) is 0 Å². The van der Waals surface area contributed by atoms with Crippen molar-refractivity contribution in [1.82, 2.24) is 4.98 Å². The molecule has 13 heavy (non-hydrogen) atoms. The molecule has 0 spiro atoms.